The van der Waals surface area contributed by atoms with Crippen molar-refractivity contribution in [3.05, 3.63) is 52.9 Å². The highest BCUT2D eigenvalue weighted by Crippen LogP contribution is 2.23. The van der Waals surface area contributed by atoms with Crippen molar-refractivity contribution in [3.8, 4) is 0 Å². The number of pyridine rings is 1. The Morgan fingerprint density at radius 3 is 2.32 bits per heavy atom. The summed E-state index contributed by atoms with van der Waals surface area (Å²) in [4.78, 5) is 26.4. The summed E-state index contributed by atoms with van der Waals surface area (Å²) in [5.74, 6) is -0.422. The first kappa shape index (κ1) is 21.6. The third kappa shape index (κ3) is 4.79. The number of para-hydroxylation sites is 2. The van der Waals surface area contributed by atoms with Gasteiger partial charge < -0.3 is 14.8 Å². The topological polar surface area (TPSA) is 91.7 Å². The highest BCUT2D eigenvalue weighted by atomic mass is 32.2. The third-order valence-corrected chi connectivity index (χ3v) is 6.31. The van der Waals surface area contributed by atoms with Crippen molar-refractivity contribution < 1.29 is 13.2 Å². The van der Waals surface area contributed by atoms with Crippen LogP contribution in [-0.4, -0.2) is 50.4 Å². The fourth-order valence-electron chi connectivity index (χ4n) is 2.81. The van der Waals surface area contributed by atoms with E-state index < -0.39 is 21.5 Å². The average molecular weight is 407 g/mol. The van der Waals surface area contributed by atoms with Crippen molar-refractivity contribution in [3.63, 3.8) is 0 Å². The van der Waals surface area contributed by atoms with Gasteiger partial charge in [0.25, 0.3) is 5.56 Å². The van der Waals surface area contributed by atoms with Crippen molar-refractivity contribution in [2.45, 2.75) is 25.3 Å². The van der Waals surface area contributed by atoms with Crippen LogP contribution in [0.1, 0.15) is 13.8 Å². The summed E-state index contributed by atoms with van der Waals surface area (Å²) in [6, 6.07) is 9.71. The van der Waals surface area contributed by atoms with Gasteiger partial charge in [-0.15, -0.1) is 0 Å². The van der Waals surface area contributed by atoms with Crippen LogP contribution in [0, 0.1) is 0 Å². The summed E-state index contributed by atoms with van der Waals surface area (Å²) in [5.41, 5.74) is 0.980. The molecule has 0 saturated carbocycles. The molecule has 8 nitrogen and oxygen atoms in total. The van der Waals surface area contributed by atoms with Gasteiger partial charge in [-0.3, -0.25) is 9.59 Å². The molecule has 0 aliphatic heterocycles. The molecule has 2 rings (SSSR count). The van der Waals surface area contributed by atoms with Gasteiger partial charge in [-0.1, -0.05) is 26.0 Å². The molecule has 1 amide bonds. The number of sulfonamides is 1. The summed E-state index contributed by atoms with van der Waals surface area (Å²) in [7, 11) is -0.00153. The Bertz CT molecular complexity index is 995. The number of hydrogen-bond acceptors (Lipinski definition) is 5. The molecule has 0 unspecified atom stereocenters. The van der Waals surface area contributed by atoms with E-state index in [1.165, 1.54) is 16.6 Å². The maximum absolute atomic E-state index is 12.7. The minimum Gasteiger partial charge on any atom is -0.376 e. The number of nitrogens with one attached hydrogen (secondary N) is 1. The van der Waals surface area contributed by atoms with Crippen LogP contribution in [0.4, 0.5) is 11.4 Å². The summed E-state index contributed by atoms with van der Waals surface area (Å²) < 4.78 is 27.7. The van der Waals surface area contributed by atoms with Crippen LogP contribution in [0.5, 0.6) is 0 Å². The van der Waals surface area contributed by atoms with Crippen LogP contribution in [-0.2, 0) is 21.4 Å². The molecule has 1 N–H and O–H groups in total. The molecule has 0 saturated heterocycles. The molecule has 1 aromatic heterocycles. The minimum atomic E-state index is -3.72. The maximum atomic E-state index is 12.7. The molecule has 2 aromatic rings. The Kier molecular flexibility index (Phi) is 6.98. The number of hydrogen-bond donors (Lipinski definition) is 1. The Morgan fingerprint density at radius 1 is 1.07 bits per heavy atom. The van der Waals surface area contributed by atoms with E-state index in [1.807, 2.05) is 31.1 Å². The first-order chi connectivity index (χ1) is 13.2. The molecule has 1 heterocycles. The molecule has 0 fully saturated rings. The van der Waals surface area contributed by atoms with E-state index in [2.05, 4.69) is 5.32 Å². The van der Waals surface area contributed by atoms with Crippen molar-refractivity contribution in [2.75, 3.05) is 37.4 Å². The van der Waals surface area contributed by atoms with Crippen molar-refractivity contribution in [1.82, 2.24) is 8.87 Å². The molecule has 152 valence electrons. The lowest BCUT2D eigenvalue weighted by molar-refractivity contribution is -0.116. The number of amides is 1. The van der Waals surface area contributed by atoms with Crippen LogP contribution < -0.4 is 15.8 Å². The molecule has 0 atom stereocenters. The molecular formula is C19H26N4O4S. The number of benzene rings is 1. The molecule has 1 aromatic carbocycles. The van der Waals surface area contributed by atoms with Gasteiger partial charge in [-0.05, 0) is 18.2 Å². The SMILES string of the molecule is CCN(CC)S(=O)(=O)c1ccc(=O)n(CC(=O)Nc2ccccc2N(C)C)c1. The lowest BCUT2D eigenvalue weighted by Crippen LogP contribution is -2.33. The second-order valence-corrected chi connectivity index (χ2v) is 8.32. The summed E-state index contributed by atoms with van der Waals surface area (Å²) in [5, 5.41) is 2.77. The zero-order chi connectivity index (χ0) is 20.9. The Morgan fingerprint density at radius 2 is 1.71 bits per heavy atom. The lowest BCUT2D eigenvalue weighted by Gasteiger charge is -2.19. The lowest BCUT2D eigenvalue weighted by atomic mass is 10.2. The Balaban J connectivity index is 2.28. The molecule has 0 aliphatic rings. The van der Waals surface area contributed by atoms with E-state index in [1.54, 1.807) is 26.0 Å². The van der Waals surface area contributed by atoms with Crippen molar-refractivity contribution >= 4 is 27.3 Å². The second-order valence-electron chi connectivity index (χ2n) is 6.38. The third-order valence-electron chi connectivity index (χ3n) is 4.27. The normalized spacial score (nSPS) is 11.5. The fraction of sp³-hybridized carbons (Fsp3) is 0.368. The predicted octanol–water partition coefficient (Wildman–Crippen LogP) is 1.58. The summed E-state index contributed by atoms with van der Waals surface area (Å²) >= 11 is 0. The molecule has 28 heavy (non-hydrogen) atoms. The maximum Gasteiger partial charge on any atom is 0.251 e. The number of anilines is 2. The summed E-state index contributed by atoms with van der Waals surface area (Å²) in [6.45, 7) is 3.83. The predicted molar refractivity (Wildman–Crippen MR) is 110 cm³/mol. The van der Waals surface area contributed by atoms with Crippen molar-refractivity contribution in [1.29, 1.82) is 0 Å². The highest BCUT2D eigenvalue weighted by molar-refractivity contribution is 7.89. The fourth-order valence-corrected chi connectivity index (χ4v) is 4.29. The minimum absolute atomic E-state index is 0.0164. The Labute approximate surface area is 165 Å². The van der Waals surface area contributed by atoms with Gasteiger partial charge in [-0.2, -0.15) is 4.31 Å². The van der Waals surface area contributed by atoms with E-state index in [0.29, 0.717) is 18.8 Å². The molecule has 0 bridgehead atoms. The van der Waals surface area contributed by atoms with E-state index in [-0.39, 0.29) is 11.4 Å². The quantitative estimate of drug-likeness (QED) is 0.719. The molecule has 0 aliphatic carbocycles. The van der Waals surface area contributed by atoms with Crippen LogP contribution >= 0.6 is 0 Å². The Hall–Kier alpha value is -2.65. The average Bonchev–Trinajstić information content (AvgIpc) is 2.64. The second kappa shape index (κ2) is 9.03. The first-order valence-electron chi connectivity index (χ1n) is 8.97. The van der Waals surface area contributed by atoms with E-state index in [9.17, 15) is 18.0 Å². The number of carbonyl (C=O) groups excluding carboxylic acids is 1. The number of rotatable bonds is 8. The highest BCUT2D eigenvalue weighted by Gasteiger charge is 2.22. The van der Waals surface area contributed by atoms with Crippen LogP contribution in [0.25, 0.3) is 0 Å². The van der Waals surface area contributed by atoms with Gasteiger partial charge in [0, 0.05) is 39.4 Å². The van der Waals surface area contributed by atoms with Crippen LogP contribution in [0.3, 0.4) is 0 Å². The van der Waals surface area contributed by atoms with Crippen LogP contribution in [0.15, 0.2) is 52.3 Å². The van der Waals surface area contributed by atoms with E-state index >= 15 is 0 Å². The van der Waals surface area contributed by atoms with Gasteiger partial charge in [0.2, 0.25) is 15.9 Å². The molecular weight excluding hydrogens is 380 g/mol. The van der Waals surface area contributed by atoms with Crippen molar-refractivity contribution in [2.24, 2.45) is 0 Å². The van der Waals surface area contributed by atoms with Gasteiger partial charge in [0.1, 0.15) is 6.54 Å². The first-order valence-corrected chi connectivity index (χ1v) is 10.4. The molecule has 0 radical (unpaired) electrons. The smallest absolute Gasteiger partial charge is 0.251 e. The standard InChI is InChI=1S/C19H26N4O4S/c1-5-23(6-2)28(26,27)15-11-12-19(25)22(13-15)14-18(24)20-16-9-7-8-10-17(16)21(3)4/h7-13H,5-6,14H2,1-4H3,(H,20,24). The number of nitrogens with zero attached hydrogens (tertiary/aromatic N) is 3. The largest absolute Gasteiger partial charge is 0.376 e. The monoisotopic (exact) mass is 406 g/mol. The van der Waals surface area contributed by atoms with E-state index in [0.717, 1.165) is 16.3 Å². The van der Waals surface area contributed by atoms with Gasteiger partial charge in [0.05, 0.1) is 16.3 Å². The van der Waals surface area contributed by atoms with Gasteiger partial charge in [-0.25, -0.2) is 8.42 Å². The zero-order valence-electron chi connectivity index (χ0n) is 16.5. The molecule has 0 spiro atoms. The molecule has 9 heteroatoms. The van der Waals surface area contributed by atoms with E-state index in [4.69, 9.17) is 0 Å². The van der Waals surface area contributed by atoms with Gasteiger partial charge in [0.15, 0.2) is 0 Å². The summed E-state index contributed by atoms with van der Waals surface area (Å²) in [6.07, 6.45) is 1.22. The van der Waals surface area contributed by atoms with Gasteiger partial charge >= 0.3 is 0 Å². The zero-order valence-corrected chi connectivity index (χ0v) is 17.4. The number of carbonyl (C=O) groups is 1. The van der Waals surface area contributed by atoms with Crippen LogP contribution in [0.2, 0.25) is 0 Å². The number of aromatic nitrogens is 1.